The molecule has 0 unspecified atom stereocenters. The van der Waals surface area contributed by atoms with Crippen molar-refractivity contribution in [1.82, 2.24) is 15.5 Å². The maximum Gasteiger partial charge on any atom is 0.251 e. The molecule has 1 aromatic rings. The van der Waals surface area contributed by atoms with Crippen molar-refractivity contribution >= 4 is 17.7 Å². The van der Waals surface area contributed by atoms with E-state index in [1.807, 2.05) is 6.07 Å². The molecule has 1 saturated heterocycles. The van der Waals surface area contributed by atoms with Crippen molar-refractivity contribution in [3.05, 3.63) is 35.9 Å². The van der Waals surface area contributed by atoms with E-state index in [0.717, 1.165) is 30.6 Å². The van der Waals surface area contributed by atoms with E-state index in [1.165, 1.54) is 38.5 Å². The monoisotopic (exact) mass is 437 g/mol. The van der Waals surface area contributed by atoms with Crippen LogP contribution in [-0.4, -0.2) is 48.3 Å². The van der Waals surface area contributed by atoms with Crippen LogP contribution in [0.15, 0.2) is 30.3 Å². The topological polar surface area (TPSA) is 78.5 Å². The van der Waals surface area contributed by atoms with Gasteiger partial charge in [0.2, 0.25) is 11.8 Å². The quantitative estimate of drug-likeness (QED) is 0.718. The Morgan fingerprint density at radius 1 is 0.906 bits per heavy atom. The Bertz CT molecular complexity index is 825. The molecular formula is C26H35N3O3. The van der Waals surface area contributed by atoms with Crippen molar-refractivity contribution in [1.29, 1.82) is 0 Å². The average molecular weight is 438 g/mol. The summed E-state index contributed by atoms with van der Waals surface area (Å²) in [4.78, 5) is 39.3. The number of benzene rings is 1. The van der Waals surface area contributed by atoms with Crippen LogP contribution in [0.5, 0.6) is 0 Å². The van der Waals surface area contributed by atoms with Gasteiger partial charge in [0.05, 0.1) is 6.54 Å². The zero-order chi connectivity index (χ0) is 22.1. The van der Waals surface area contributed by atoms with E-state index in [9.17, 15) is 14.4 Å². The summed E-state index contributed by atoms with van der Waals surface area (Å²) in [5.74, 6) is 2.52. The Kier molecular flexibility index (Phi) is 5.95. The van der Waals surface area contributed by atoms with Crippen molar-refractivity contribution < 1.29 is 14.4 Å². The maximum atomic E-state index is 12.9. The fourth-order valence-electron chi connectivity index (χ4n) is 7.36. The molecule has 2 N–H and O–H groups in total. The number of hydrogen-bond acceptors (Lipinski definition) is 3. The molecule has 6 heteroatoms. The van der Waals surface area contributed by atoms with Gasteiger partial charge in [-0.05, 0) is 86.7 Å². The lowest BCUT2D eigenvalue weighted by atomic mass is 9.49. The van der Waals surface area contributed by atoms with Gasteiger partial charge in [0.15, 0.2) is 0 Å². The van der Waals surface area contributed by atoms with Gasteiger partial charge in [-0.3, -0.25) is 14.4 Å². The smallest absolute Gasteiger partial charge is 0.251 e. The molecule has 3 amide bonds. The number of hydrogen-bond donors (Lipinski definition) is 2. The van der Waals surface area contributed by atoms with Crippen LogP contribution >= 0.6 is 0 Å². The van der Waals surface area contributed by atoms with Gasteiger partial charge in [-0.2, -0.15) is 0 Å². The number of carbonyl (C=O) groups is 3. The highest BCUT2D eigenvalue weighted by Crippen LogP contribution is 2.61. The lowest BCUT2D eigenvalue weighted by molar-refractivity contribution is -0.132. The molecule has 4 saturated carbocycles. The number of nitrogens with one attached hydrogen (secondary N) is 2. The van der Waals surface area contributed by atoms with Crippen LogP contribution in [0.4, 0.5) is 0 Å². The van der Waals surface area contributed by atoms with E-state index in [1.54, 1.807) is 29.2 Å². The second kappa shape index (κ2) is 8.87. The third-order valence-corrected chi connectivity index (χ3v) is 8.35. The number of piperidine rings is 1. The van der Waals surface area contributed by atoms with Crippen molar-refractivity contribution in [3.8, 4) is 0 Å². The Balaban J connectivity index is 1.04. The molecular weight excluding hydrogens is 402 g/mol. The molecule has 1 aromatic carbocycles. The number of likely N-dealkylation sites (tertiary alicyclic amines) is 1. The minimum absolute atomic E-state index is 0.0107. The molecule has 0 aromatic heterocycles. The van der Waals surface area contributed by atoms with Gasteiger partial charge in [-0.25, -0.2) is 0 Å². The summed E-state index contributed by atoms with van der Waals surface area (Å²) in [5.41, 5.74) is 0.827. The van der Waals surface area contributed by atoms with Crippen LogP contribution in [0.2, 0.25) is 0 Å². The molecule has 5 aliphatic rings. The molecule has 5 fully saturated rings. The predicted octanol–water partition coefficient (Wildman–Crippen LogP) is 3.13. The third-order valence-electron chi connectivity index (χ3n) is 8.35. The molecule has 32 heavy (non-hydrogen) atoms. The number of carbonyl (C=O) groups excluding carboxylic acids is 3. The van der Waals surface area contributed by atoms with E-state index in [0.29, 0.717) is 25.1 Å². The van der Waals surface area contributed by atoms with Crippen LogP contribution in [0.3, 0.4) is 0 Å². The maximum absolute atomic E-state index is 12.9. The second-order valence-corrected chi connectivity index (χ2v) is 10.9. The van der Waals surface area contributed by atoms with Crippen LogP contribution < -0.4 is 10.6 Å². The summed E-state index contributed by atoms with van der Waals surface area (Å²) >= 11 is 0. The standard InChI is InChI=1S/C26H35N3O3/c30-23(16-26-13-18-10-19(14-26)12-20(11-18)15-26)28-22-6-8-29(9-7-22)24(31)17-27-25(32)21-4-2-1-3-5-21/h1-5,18-20,22H,6-17H2,(H,27,32)(H,28,30). The summed E-state index contributed by atoms with van der Waals surface area (Å²) in [7, 11) is 0. The van der Waals surface area contributed by atoms with Gasteiger partial charge in [0.1, 0.15) is 0 Å². The predicted molar refractivity (Wildman–Crippen MR) is 122 cm³/mol. The molecule has 6 nitrogen and oxygen atoms in total. The largest absolute Gasteiger partial charge is 0.353 e. The SMILES string of the molecule is O=C(CC12CC3CC(CC(C3)C1)C2)NC1CCN(C(=O)CNC(=O)c2ccccc2)CC1. The average Bonchev–Trinajstić information content (AvgIpc) is 2.77. The lowest BCUT2D eigenvalue weighted by Gasteiger charge is -2.56. The second-order valence-electron chi connectivity index (χ2n) is 10.9. The fraction of sp³-hybridized carbons (Fsp3) is 0.654. The first-order valence-electron chi connectivity index (χ1n) is 12.4. The highest BCUT2D eigenvalue weighted by Gasteiger charge is 2.51. The van der Waals surface area contributed by atoms with Gasteiger partial charge in [-0.1, -0.05) is 18.2 Å². The summed E-state index contributed by atoms with van der Waals surface area (Å²) in [5, 5.41) is 5.99. The summed E-state index contributed by atoms with van der Waals surface area (Å²) in [6, 6.07) is 9.08. The van der Waals surface area contributed by atoms with Crippen LogP contribution in [0.25, 0.3) is 0 Å². The molecule has 0 radical (unpaired) electrons. The molecule has 6 rings (SSSR count). The van der Waals surface area contributed by atoms with Crippen molar-refractivity contribution in [2.75, 3.05) is 19.6 Å². The van der Waals surface area contributed by atoms with Gasteiger partial charge in [0, 0.05) is 31.1 Å². The van der Waals surface area contributed by atoms with Crippen LogP contribution in [0.1, 0.15) is 68.1 Å². The van der Waals surface area contributed by atoms with Gasteiger partial charge >= 0.3 is 0 Å². The zero-order valence-corrected chi connectivity index (χ0v) is 18.9. The van der Waals surface area contributed by atoms with Crippen LogP contribution in [-0.2, 0) is 9.59 Å². The van der Waals surface area contributed by atoms with Gasteiger partial charge < -0.3 is 15.5 Å². The minimum atomic E-state index is -0.231. The van der Waals surface area contributed by atoms with Crippen molar-refractivity contribution in [3.63, 3.8) is 0 Å². The summed E-state index contributed by atoms with van der Waals surface area (Å²) in [6.07, 6.45) is 10.2. The van der Waals surface area contributed by atoms with Gasteiger partial charge in [-0.15, -0.1) is 0 Å². The summed E-state index contributed by atoms with van der Waals surface area (Å²) < 4.78 is 0. The molecule has 172 valence electrons. The Morgan fingerprint density at radius 3 is 2.09 bits per heavy atom. The van der Waals surface area contributed by atoms with E-state index in [4.69, 9.17) is 0 Å². The molecule has 4 aliphatic carbocycles. The summed E-state index contributed by atoms with van der Waals surface area (Å²) in [6.45, 7) is 1.27. The Labute approximate surface area is 190 Å². The lowest BCUT2D eigenvalue weighted by Crippen LogP contribution is -2.51. The first-order valence-corrected chi connectivity index (χ1v) is 12.4. The van der Waals surface area contributed by atoms with Crippen molar-refractivity contribution in [2.45, 2.75) is 63.8 Å². The Morgan fingerprint density at radius 2 is 1.50 bits per heavy atom. The highest BCUT2D eigenvalue weighted by atomic mass is 16.2. The first-order chi connectivity index (χ1) is 15.5. The number of rotatable bonds is 6. The number of nitrogens with zero attached hydrogens (tertiary/aromatic N) is 1. The van der Waals surface area contributed by atoms with Gasteiger partial charge in [0.25, 0.3) is 5.91 Å². The van der Waals surface area contributed by atoms with E-state index < -0.39 is 0 Å². The molecule has 4 bridgehead atoms. The normalized spacial score (nSPS) is 31.4. The molecule has 1 heterocycles. The van der Waals surface area contributed by atoms with E-state index >= 15 is 0 Å². The minimum Gasteiger partial charge on any atom is -0.353 e. The van der Waals surface area contributed by atoms with Crippen LogP contribution in [0, 0.1) is 23.2 Å². The fourth-order valence-corrected chi connectivity index (χ4v) is 7.36. The number of amides is 3. The highest BCUT2D eigenvalue weighted by molar-refractivity contribution is 5.96. The molecule has 1 aliphatic heterocycles. The molecule has 0 spiro atoms. The molecule has 0 atom stereocenters. The Hall–Kier alpha value is -2.37. The third kappa shape index (κ3) is 4.69. The van der Waals surface area contributed by atoms with Crippen molar-refractivity contribution in [2.24, 2.45) is 23.2 Å². The van der Waals surface area contributed by atoms with E-state index in [2.05, 4.69) is 10.6 Å². The first kappa shape index (κ1) is 21.5. The zero-order valence-electron chi connectivity index (χ0n) is 18.9. The van der Waals surface area contributed by atoms with E-state index in [-0.39, 0.29) is 35.7 Å².